The molecule has 1 aromatic heterocycles. The van der Waals surface area contributed by atoms with Gasteiger partial charge in [-0.2, -0.15) is 13.2 Å². The van der Waals surface area contributed by atoms with E-state index >= 15 is 0 Å². The molecule has 0 fully saturated rings. The Hall–Kier alpha value is -2.35. The molecule has 0 saturated heterocycles. The number of nitro groups is 1. The van der Waals surface area contributed by atoms with Gasteiger partial charge in [0.1, 0.15) is 17.1 Å². The van der Waals surface area contributed by atoms with Gasteiger partial charge in [-0.1, -0.05) is 11.6 Å². The van der Waals surface area contributed by atoms with E-state index in [1.54, 1.807) is 0 Å². The van der Waals surface area contributed by atoms with Crippen molar-refractivity contribution in [2.75, 3.05) is 0 Å². The number of hydrogen-bond donors (Lipinski definition) is 0. The maximum Gasteiger partial charge on any atom is 0.420 e. The van der Waals surface area contributed by atoms with Crippen molar-refractivity contribution in [3.8, 4) is 11.5 Å². The van der Waals surface area contributed by atoms with Gasteiger partial charge >= 0.3 is 6.18 Å². The van der Waals surface area contributed by atoms with Crippen molar-refractivity contribution in [1.82, 2.24) is 4.98 Å². The maximum atomic E-state index is 12.9. The van der Waals surface area contributed by atoms with Crippen LogP contribution in [-0.4, -0.2) is 9.91 Å². The highest BCUT2D eigenvalue weighted by molar-refractivity contribution is 6.30. The van der Waals surface area contributed by atoms with Crippen molar-refractivity contribution in [2.24, 2.45) is 0 Å². The van der Waals surface area contributed by atoms with Crippen LogP contribution in [-0.2, 0) is 6.18 Å². The summed E-state index contributed by atoms with van der Waals surface area (Å²) < 4.78 is 43.9. The Morgan fingerprint density at radius 2 is 1.95 bits per heavy atom. The SMILES string of the molecule is O=[N+]([O-])c1ccc(Oc2cncc(Cl)c2)c(C(F)(F)F)c1. The Morgan fingerprint density at radius 3 is 2.52 bits per heavy atom. The number of non-ortho nitro benzene ring substituents is 1. The van der Waals surface area contributed by atoms with Crippen LogP contribution < -0.4 is 4.74 Å². The molecule has 0 bridgehead atoms. The monoisotopic (exact) mass is 318 g/mol. The lowest BCUT2D eigenvalue weighted by Gasteiger charge is -2.13. The normalized spacial score (nSPS) is 11.2. The first-order valence-corrected chi connectivity index (χ1v) is 5.79. The number of pyridine rings is 1. The first kappa shape index (κ1) is 15.0. The Balaban J connectivity index is 2.45. The van der Waals surface area contributed by atoms with Gasteiger partial charge in [0.2, 0.25) is 0 Å². The molecule has 0 aliphatic carbocycles. The van der Waals surface area contributed by atoms with E-state index in [4.69, 9.17) is 16.3 Å². The molecule has 0 N–H and O–H groups in total. The molecule has 9 heteroatoms. The summed E-state index contributed by atoms with van der Waals surface area (Å²) in [5.74, 6) is -0.584. The lowest BCUT2D eigenvalue weighted by molar-refractivity contribution is -0.385. The van der Waals surface area contributed by atoms with Crippen molar-refractivity contribution in [2.45, 2.75) is 6.18 Å². The van der Waals surface area contributed by atoms with Gasteiger partial charge in [-0.15, -0.1) is 0 Å². The molecule has 2 aromatic rings. The van der Waals surface area contributed by atoms with Gasteiger partial charge in [-0.25, -0.2) is 0 Å². The highest BCUT2D eigenvalue weighted by Gasteiger charge is 2.36. The van der Waals surface area contributed by atoms with Gasteiger partial charge < -0.3 is 4.74 Å². The number of benzene rings is 1. The van der Waals surface area contributed by atoms with E-state index < -0.39 is 28.1 Å². The number of ether oxygens (including phenoxy) is 1. The van der Waals surface area contributed by atoms with Crippen LogP contribution in [0.5, 0.6) is 11.5 Å². The van der Waals surface area contributed by atoms with Crippen molar-refractivity contribution < 1.29 is 22.8 Å². The lowest BCUT2D eigenvalue weighted by atomic mass is 10.1. The van der Waals surface area contributed by atoms with Crippen LogP contribution >= 0.6 is 11.6 Å². The summed E-state index contributed by atoms with van der Waals surface area (Å²) in [6.07, 6.45) is -2.34. The molecule has 0 amide bonds. The van der Waals surface area contributed by atoms with Gasteiger partial charge in [0.25, 0.3) is 5.69 Å². The summed E-state index contributed by atoms with van der Waals surface area (Å²) in [6.45, 7) is 0. The quantitative estimate of drug-likeness (QED) is 0.619. The minimum absolute atomic E-state index is 0.0122. The van der Waals surface area contributed by atoms with Crippen LogP contribution in [0.15, 0.2) is 36.7 Å². The number of nitrogens with zero attached hydrogens (tertiary/aromatic N) is 2. The summed E-state index contributed by atoms with van der Waals surface area (Å²) in [6, 6.07) is 3.48. The van der Waals surface area contributed by atoms with E-state index in [0.29, 0.717) is 6.07 Å². The smallest absolute Gasteiger partial charge is 0.420 e. The molecule has 1 heterocycles. The number of alkyl halides is 3. The molecule has 0 unspecified atom stereocenters. The predicted molar refractivity (Wildman–Crippen MR) is 67.4 cm³/mol. The first-order chi connectivity index (χ1) is 9.77. The van der Waals surface area contributed by atoms with Crippen LogP contribution in [0.25, 0.3) is 0 Å². The topological polar surface area (TPSA) is 65.3 Å². The van der Waals surface area contributed by atoms with Crippen molar-refractivity contribution >= 4 is 17.3 Å². The van der Waals surface area contributed by atoms with Crippen molar-refractivity contribution in [3.05, 3.63) is 57.4 Å². The second kappa shape index (κ2) is 5.57. The largest absolute Gasteiger partial charge is 0.455 e. The van der Waals surface area contributed by atoms with Crippen molar-refractivity contribution in [1.29, 1.82) is 0 Å². The maximum absolute atomic E-state index is 12.9. The van der Waals surface area contributed by atoms with Crippen LogP contribution in [0.3, 0.4) is 0 Å². The third-order valence-electron chi connectivity index (χ3n) is 2.39. The van der Waals surface area contributed by atoms with Gasteiger partial charge in [0.15, 0.2) is 0 Å². The number of hydrogen-bond acceptors (Lipinski definition) is 4. The highest BCUT2D eigenvalue weighted by atomic mass is 35.5. The minimum atomic E-state index is -4.80. The van der Waals surface area contributed by atoms with E-state index in [-0.39, 0.29) is 10.8 Å². The van der Waals surface area contributed by atoms with Gasteiger partial charge in [0.05, 0.1) is 16.1 Å². The zero-order valence-corrected chi connectivity index (χ0v) is 10.9. The number of rotatable bonds is 3. The number of nitro benzene ring substituents is 1. The van der Waals surface area contributed by atoms with Gasteiger partial charge in [-0.3, -0.25) is 15.1 Å². The fourth-order valence-electron chi connectivity index (χ4n) is 1.52. The Bertz CT molecular complexity index is 692. The lowest BCUT2D eigenvalue weighted by Crippen LogP contribution is -2.08. The first-order valence-electron chi connectivity index (χ1n) is 5.41. The van der Waals surface area contributed by atoms with E-state index in [1.165, 1.54) is 18.5 Å². The third kappa shape index (κ3) is 3.60. The fourth-order valence-corrected chi connectivity index (χ4v) is 1.68. The van der Waals surface area contributed by atoms with Gasteiger partial charge in [0, 0.05) is 24.4 Å². The average molecular weight is 319 g/mol. The highest BCUT2D eigenvalue weighted by Crippen LogP contribution is 2.40. The average Bonchev–Trinajstić information content (AvgIpc) is 2.37. The second-order valence-corrected chi connectivity index (χ2v) is 4.31. The van der Waals surface area contributed by atoms with Crippen molar-refractivity contribution in [3.63, 3.8) is 0 Å². The summed E-state index contributed by atoms with van der Waals surface area (Å²) in [4.78, 5) is 13.3. The van der Waals surface area contributed by atoms with Crippen LogP contribution in [0.4, 0.5) is 18.9 Å². The molecule has 110 valence electrons. The Labute approximate surface area is 121 Å². The number of aromatic nitrogens is 1. The molecule has 5 nitrogen and oxygen atoms in total. The van der Waals surface area contributed by atoms with E-state index in [0.717, 1.165) is 12.1 Å². The molecule has 0 spiro atoms. The van der Waals surface area contributed by atoms with Gasteiger partial charge in [-0.05, 0) is 6.07 Å². The molecule has 0 radical (unpaired) electrons. The minimum Gasteiger partial charge on any atom is -0.455 e. The van der Waals surface area contributed by atoms with E-state index in [1.807, 2.05) is 0 Å². The summed E-state index contributed by atoms with van der Waals surface area (Å²) >= 11 is 5.65. The molecule has 0 saturated carbocycles. The molecule has 0 aliphatic heterocycles. The molecule has 0 aliphatic rings. The zero-order chi connectivity index (χ0) is 15.6. The predicted octanol–water partition coefficient (Wildman–Crippen LogP) is 4.45. The Kier molecular flexibility index (Phi) is 3.99. The van der Waals surface area contributed by atoms with Crippen LogP contribution in [0, 0.1) is 10.1 Å². The summed E-state index contributed by atoms with van der Waals surface area (Å²) in [7, 11) is 0. The van der Waals surface area contributed by atoms with Crippen LogP contribution in [0.1, 0.15) is 5.56 Å². The second-order valence-electron chi connectivity index (χ2n) is 3.88. The number of halogens is 4. The molecular formula is C12H6ClF3N2O3. The standard InChI is InChI=1S/C12H6ClF3N2O3/c13-7-3-9(6-17-5-7)21-11-2-1-8(18(19)20)4-10(11)12(14,15)16/h1-6H. The fraction of sp³-hybridized carbons (Fsp3) is 0.0833. The molecule has 0 atom stereocenters. The van der Waals surface area contributed by atoms with E-state index in [9.17, 15) is 23.3 Å². The summed E-state index contributed by atoms with van der Waals surface area (Å²) in [5.41, 5.74) is -1.93. The Morgan fingerprint density at radius 1 is 1.24 bits per heavy atom. The molecule has 21 heavy (non-hydrogen) atoms. The molecule has 1 aromatic carbocycles. The summed E-state index contributed by atoms with van der Waals surface area (Å²) in [5, 5.41) is 10.7. The molecular weight excluding hydrogens is 313 g/mol. The third-order valence-corrected chi connectivity index (χ3v) is 2.59. The van der Waals surface area contributed by atoms with Crippen LogP contribution in [0.2, 0.25) is 5.02 Å². The zero-order valence-electron chi connectivity index (χ0n) is 10.1. The van der Waals surface area contributed by atoms with E-state index in [2.05, 4.69) is 4.98 Å². The molecule has 2 rings (SSSR count).